The number of rotatable bonds is 3. The van der Waals surface area contributed by atoms with Gasteiger partial charge in [0.1, 0.15) is 5.82 Å². The van der Waals surface area contributed by atoms with Crippen LogP contribution in [0.3, 0.4) is 0 Å². The normalized spacial score (nSPS) is 11.0. The maximum absolute atomic E-state index is 12.8. The van der Waals surface area contributed by atoms with Gasteiger partial charge in [0.25, 0.3) is 0 Å². The van der Waals surface area contributed by atoms with Crippen LogP contribution >= 0.6 is 12.4 Å². The van der Waals surface area contributed by atoms with Gasteiger partial charge in [-0.3, -0.25) is 0 Å². The zero-order valence-corrected chi connectivity index (χ0v) is 13.4. The summed E-state index contributed by atoms with van der Waals surface area (Å²) in [6.45, 7) is 0. The van der Waals surface area contributed by atoms with Crippen molar-refractivity contribution >= 4 is 40.8 Å². The number of halogens is 4. The first-order chi connectivity index (χ1) is 11.3. The van der Waals surface area contributed by atoms with Gasteiger partial charge in [-0.15, -0.1) is 12.4 Å². The van der Waals surface area contributed by atoms with Gasteiger partial charge in [0.15, 0.2) is 0 Å². The molecule has 0 saturated heterocycles. The van der Waals surface area contributed by atoms with Gasteiger partial charge >= 0.3 is 12.1 Å². The van der Waals surface area contributed by atoms with Crippen LogP contribution in [0.5, 0.6) is 0 Å². The molecule has 0 unspecified atom stereocenters. The van der Waals surface area contributed by atoms with Crippen molar-refractivity contribution in [2.75, 3.05) is 5.32 Å². The molecule has 2 N–H and O–H groups in total. The van der Waals surface area contributed by atoms with Crippen LogP contribution in [0.1, 0.15) is 15.9 Å². The average Bonchev–Trinajstić information content (AvgIpc) is 2.54. The van der Waals surface area contributed by atoms with Gasteiger partial charge in [-0.05, 0) is 48.5 Å². The van der Waals surface area contributed by atoms with E-state index >= 15 is 0 Å². The molecule has 0 spiro atoms. The lowest BCUT2D eigenvalue weighted by Gasteiger charge is -2.09. The molecule has 0 bridgehead atoms. The first-order valence-corrected chi connectivity index (χ1v) is 6.91. The molecule has 25 heavy (non-hydrogen) atoms. The number of aromatic carboxylic acids is 1. The molecule has 1 aromatic heterocycles. The topological polar surface area (TPSA) is 62.2 Å². The van der Waals surface area contributed by atoms with Gasteiger partial charge in [-0.2, -0.15) is 13.2 Å². The highest BCUT2D eigenvalue weighted by molar-refractivity contribution is 5.88. The van der Waals surface area contributed by atoms with Crippen LogP contribution in [-0.2, 0) is 6.18 Å². The smallest absolute Gasteiger partial charge is 0.416 e. The van der Waals surface area contributed by atoms with Crippen molar-refractivity contribution in [3.63, 3.8) is 0 Å². The zero-order valence-electron chi connectivity index (χ0n) is 12.5. The number of pyridine rings is 1. The lowest BCUT2D eigenvalue weighted by molar-refractivity contribution is -0.137. The van der Waals surface area contributed by atoms with E-state index in [1.54, 1.807) is 24.3 Å². The number of nitrogens with one attached hydrogen (secondary N) is 1. The molecule has 0 atom stereocenters. The largest absolute Gasteiger partial charge is 0.478 e. The quantitative estimate of drug-likeness (QED) is 0.673. The monoisotopic (exact) mass is 368 g/mol. The second-order valence-electron chi connectivity index (χ2n) is 5.11. The number of fused-ring (bicyclic) bond motifs is 1. The average molecular weight is 369 g/mol. The standard InChI is InChI=1S/C17H11F3N2O2.ClH/c18-17(19,20)12-5-1-10-4-8-15(22-14(10)9-12)21-13-6-2-11(3-7-13)16(23)24;/h1-9H,(H,21,22)(H,23,24);1H. The Labute approximate surface area is 146 Å². The molecule has 4 nitrogen and oxygen atoms in total. The van der Waals surface area contributed by atoms with E-state index in [-0.39, 0.29) is 23.5 Å². The van der Waals surface area contributed by atoms with Gasteiger partial charge in [-0.25, -0.2) is 9.78 Å². The van der Waals surface area contributed by atoms with Crippen molar-refractivity contribution in [2.45, 2.75) is 6.18 Å². The molecule has 8 heteroatoms. The van der Waals surface area contributed by atoms with Crippen molar-refractivity contribution in [3.8, 4) is 0 Å². The molecule has 1 heterocycles. The summed E-state index contributed by atoms with van der Waals surface area (Å²) in [5.41, 5.74) is 0.183. The van der Waals surface area contributed by atoms with Crippen LogP contribution in [0.2, 0.25) is 0 Å². The first-order valence-electron chi connectivity index (χ1n) is 6.91. The highest BCUT2D eigenvalue weighted by atomic mass is 35.5. The Morgan fingerprint density at radius 1 is 1.00 bits per heavy atom. The van der Waals surface area contributed by atoms with Crippen molar-refractivity contribution < 1.29 is 23.1 Å². The molecule has 2 aromatic carbocycles. The van der Waals surface area contributed by atoms with Crippen LogP contribution < -0.4 is 5.32 Å². The molecule has 0 radical (unpaired) electrons. The van der Waals surface area contributed by atoms with Crippen molar-refractivity contribution in [2.24, 2.45) is 0 Å². The maximum Gasteiger partial charge on any atom is 0.416 e. The summed E-state index contributed by atoms with van der Waals surface area (Å²) >= 11 is 0. The summed E-state index contributed by atoms with van der Waals surface area (Å²) in [7, 11) is 0. The van der Waals surface area contributed by atoms with E-state index in [0.717, 1.165) is 12.1 Å². The third kappa shape index (κ3) is 4.19. The zero-order chi connectivity index (χ0) is 17.3. The number of carboxylic acid groups (broad SMARTS) is 1. The van der Waals surface area contributed by atoms with Crippen molar-refractivity contribution in [3.05, 3.63) is 65.7 Å². The Bertz CT molecular complexity index is 912. The molecule has 130 valence electrons. The fraction of sp³-hybridized carbons (Fsp3) is 0.0588. The molecule has 3 rings (SSSR count). The Morgan fingerprint density at radius 3 is 2.24 bits per heavy atom. The molecule has 0 aliphatic heterocycles. The van der Waals surface area contributed by atoms with Gasteiger partial charge in [0.05, 0.1) is 16.6 Å². The second kappa shape index (κ2) is 6.98. The van der Waals surface area contributed by atoms with Crippen LogP contribution in [0, 0.1) is 0 Å². The Balaban J connectivity index is 0.00000225. The molecule has 0 fully saturated rings. The summed E-state index contributed by atoms with van der Waals surface area (Å²) < 4.78 is 38.3. The molecule has 0 amide bonds. The van der Waals surface area contributed by atoms with Crippen molar-refractivity contribution in [1.82, 2.24) is 4.98 Å². The number of alkyl halides is 3. The van der Waals surface area contributed by atoms with Crippen LogP contribution in [0.25, 0.3) is 10.9 Å². The van der Waals surface area contributed by atoms with E-state index in [2.05, 4.69) is 10.3 Å². The number of anilines is 2. The highest BCUT2D eigenvalue weighted by Gasteiger charge is 2.30. The Kier molecular flexibility index (Phi) is 5.18. The lowest BCUT2D eigenvalue weighted by atomic mass is 10.1. The molecular formula is C17H12ClF3N2O2. The van der Waals surface area contributed by atoms with Gasteiger partial charge in [0, 0.05) is 11.1 Å². The minimum absolute atomic E-state index is 0. The molecule has 0 aliphatic rings. The predicted octanol–water partition coefficient (Wildman–Crippen LogP) is 5.12. The molecule has 0 saturated carbocycles. The fourth-order valence-electron chi connectivity index (χ4n) is 2.21. The summed E-state index contributed by atoms with van der Waals surface area (Å²) in [5, 5.41) is 12.4. The number of benzene rings is 2. The van der Waals surface area contributed by atoms with Crippen LogP contribution in [0.15, 0.2) is 54.6 Å². The summed E-state index contributed by atoms with van der Waals surface area (Å²) in [6.07, 6.45) is -4.42. The van der Waals surface area contributed by atoms with E-state index in [9.17, 15) is 18.0 Å². The van der Waals surface area contributed by atoms with Gasteiger partial charge in [0.2, 0.25) is 0 Å². The number of hydrogen-bond donors (Lipinski definition) is 2. The van der Waals surface area contributed by atoms with Gasteiger partial charge < -0.3 is 10.4 Å². The Hall–Kier alpha value is -2.80. The van der Waals surface area contributed by atoms with E-state index in [1.807, 2.05) is 0 Å². The highest BCUT2D eigenvalue weighted by Crippen LogP contribution is 2.31. The fourth-order valence-corrected chi connectivity index (χ4v) is 2.21. The SMILES string of the molecule is Cl.O=C(O)c1ccc(Nc2ccc3ccc(C(F)(F)F)cc3n2)cc1. The minimum atomic E-state index is -4.42. The third-order valence-electron chi connectivity index (χ3n) is 3.42. The number of hydrogen-bond acceptors (Lipinski definition) is 3. The molecule has 3 aromatic rings. The van der Waals surface area contributed by atoms with Crippen molar-refractivity contribution in [1.29, 1.82) is 0 Å². The number of nitrogens with zero attached hydrogens (tertiary/aromatic N) is 1. The summed E-state index contributed by atoms with van der Waals surface area (Å²) in [6, 6.07) is 12.6. The lowest BCUT2D eigenvalue weighted by Crippen LogP contribution is -2.04. The molecule has 0 aliphatic carbocycles. The molecular weight excluding hydrogens is 357 g/mol. The van der Waals surface area contributed by atoms with E-state index in [0.29, 0.717) is 16.9 Å². The number of carboxylic acids is 1. The third-order valence-corrected chi connectivity index (χ3v) is 3.42. The van der Waals surface area contributed by atoms with E-state index in [1.165, 1.54) is 18.2 Å². The second-order valence-corrected chi connectivity index (χ2v) is 5.11. The van der Waals surface area contributed by atoms with Gasteiger partial charge in [-0.1, -0.05) is 6.07 Å². The van der Waals surface area contributed by atoms with E-state index in [4.69, 9.17) is 5.11 Å². The minimum Gasteiger partial charge on any atom is -0.478 e. The summed E-state index contributed by atoms with van der Waals surface area (Å²) in [4.78, 5) is 15.0. The van der Waals surface area contributed by atoms with Crippen LogP contribution in [-0.4, -0.2) is 16.1 Å². The number of aromatic nitrogens is 1. The van der Waals surface area contributed by atoms with Crippen LogP contribution in [0.4, 0.5) is 24.7 Å². The van der Waals surface area contributed by atoms with E-state index < -0.39 is 17.7 Å². The number of carbonyl (C=O) groups is 1. The maximum atomic E-state index is 12.8. The predicted molar refractivity (Wildman–Crippen MR) is 90.7 cm³/mol. The summed E-state index contributed by atoms with van der Waals surface area (Å²) in [5.74, 6) is -0.671. The first kappa shape index (κ1) is 18.5. The Morgan fingerprint density at radius 2 is 1.64 bits per heavy atom.